The van der Waals surface area contributed by atoms with Crippen LogP contribution >= 0.6 is 0 Å². The number of aromatic nitrogens is 2. The third kappa shape index (κ3) is 3.73. The van der Waals surface area contributed by atoms with Gasteiger partial charge >= 0.3 is 5.97 Å². The molecule has 0 unspecified atom stereocenters. The predicted molar refractivity (Wildman–Crippen MR) is 111 cm³/mol. The monoisotopic (exact) mass is 378 g/mol. The number of anilines is 1. The van der Waals surface area contributed by atoms with Gasteiger partial charge in [0.05, 0.1) is 22.7 Å². The molecular weight excluding hydrogens is 352 g/mol. The summed E-state index contributed by atoms with van der Waals surface area (Å²) in [5.74, 6) is -0.316. The lowest BCUT2D eigenvalue weighted by atomic mass is 10.2. The molecule has 0 amide bonds. The smallest absolute Gasteiger partial charge is 0.338 e. The zero-order valence-electron chi connectivity index (χ0n) is 16.6. The molecule has 0 saturated carbocycles. The van der Waals surface area contributed by atoms with Gasteiger partial charge in [-0.1, -0.05) is 6.07 Å². The van der Waals surface area contributed by atoms with Crippen LogP contribution in [0, 0.1) is 0 Å². The van der Waals surface area contributed by atoms with Gasteiger partial charge in [-0.05, 0) is 57.3 Å². The second-order valence-corrected chi connectivity index (χ2v) is 7.58. The molecule has 1 aliphatic rings. The molecule has 0 atom stereocenters. The fraction of sp³-hybridized carbons (Fsp3) is 0.364. The number of nitrogens with zero attached hydrogens (tertiary/aromatic N) is 4. The molecule has 0 N–H and O–H groups in total. The van der Waals surface area contributed by atoms with Gasteiger partial charge in [-0.2, -0.15) is 0 Å². The normalized spacial score (nSPS) is 15.4. The maximum atomic E-state index is 12.2. The Hall–Kier alpha value is -2.86. The maximum absolute atomic E-state index is 12.2. The van der Waals surface area contributed by atoms with E-state index in [0.29, 0.717) is 5.56 Å². The SMILES string of the molecule is CC(C)OC(=O)c1ccc2c(c1)ncn2-c1cccc(N2CCN(C)CC2)c1. The van der Waals surface area contributed by atoms with Gasteiger partial charge in [0.1, 0.15) is 6.33 Å². The van der Waals surface area contributed by atoms with Crippen LogP contribution in [-0.4, -0.2) is 59.8 Å². The van der Waals surface area contributed by atoms with Crippen LogP contribution in [0.25, 0.3) is 16.7 Å². The third-order valence-electron chi connectivity index (χ3n) is 5.10. The minimum atomic E-state index is -0.316. The lowest BCUT2D eigenvalue weighted by Crippen LogP contribution is -2.44. The molecule has 146 valence electrons. The highest BCUT2D eigenvalue weighted by molar-refractivity contribution is 5.94. The van der Waals surface area contributed by atoms with Gasteiger partial charge in [-0.25, -0.2) is 9.78 Å². The minimum absolute atomic E-state index is 0.141. The Morgan fingerprint density at radius 2 is 1.79 bits per heavy atom. The molecule has 1 aromatic heterocycles. The minimum Gasteiger partial charge on any atom is -0.459 e. The number of benzene rings is 2. The summed E-state index contributed by atoms with van der Waals surface area (Å²) < 4.78 is 7.35. The summed E-state index contributed by atoms with van der Waals surface area (Å²) in [5, 5.41) is 0. The van der Waals surface area contributed by atoms with Crippen LogP contribution < -0.4 is 4.90 Å². The fourth-order valence-corrected chi connectivity index (χ4v) is 3.53. The van der Waals surface area contributed by atoms with Gasteiger partial charge in [0, 0.05) is 37.6 Å². The molecule has 0 radical (unpaired) electrons. The number of rotatable bonds is 4. The summed E-state index contributed by atoms with van der Waals surface area (Å²) >= 11 is 0. The first kappa shape index (κ1) is 18.5. The molecule has 1 fully saturated rings. The lowest BCUT2D eigenvalue weighted by molar-refractivity contribution is 0.0378. The molecule has 2 aromatic carbocycles. The molecule has 6 heteroatoms. The Bertz CT molecular complexity index is 987. The van der Waals surface area contributed by atoms with E-state index >= 15 is 0 Å². The Kier molecular flexibility index (Phi) is 5.05. The number of hydrogen-bond donors (Lipinski definition) is 0. The van der Waals surface area contributed by atoms with E-state index < -0.39 is 0 Å². The van der Waals surface area contributed by atoms with Gasteiger partial charge in [-0.3, -0.25) is 4.57 Å². The number of carbonyl (C=O) groups is 1. The molecule has 2 heterocycles. The summed E-state index contributed by atoms with van der Waals surface area (Å²) in [6, 6.07) is 14.1. The van der Waals surface area contributed by atoms with Crippen molar-refractivity contribution in [3.8, 4) is 5.69 Å². The van der Waals surface area contributed by atoms with Crippen molar-refractivity contribution in [3.05, 3.63) is 54.4 Å². The fourth-order valence-electron chi connectivity index (χ4n) is 3.53. The van der Waals surface area contributed by atoms with Crippen molar-refractivity contribution in [1.82, 2.24) is 14.5 Å². The molecule has 0 aliphatic carbocycles. The van der Waals surface area contributed by atoms with E-state index in [4.69, 9.17) is 4.74 Å². The second kappa shape index (κ2) is 7.64. The number of piperazine rings is 1. The number of ether oxygens (including phenoxy) is 1. The van der Waals surface area contributed by atoms with E-state index in [-0.39, 0.29) is 12.1 Å². The van der Waals surface area contributed by atoms with E-state index in [9.17, 15) is 4.79 Å². The number of likely N-dealkylation sites (N-methyl/N-ethyl adjacent to an activating group) is 1. The van der Waals surface area contributed by atoms with Gasteiger partial charge in [-0.15, -0.1) is 0 Å². The van der Waals surface area contributed by atoms with Crippen LogP contribution in [0.1, 0.15) is 24.2 Å². The second-order valence-electron chi connectivity index (χ2n) is 7.58. The number of carbonyl (C=O) groups excluding carboxylic acids is 1. The number of esters is 1. The van der Waals surface area contributed by atoms with Crippen molar-refractivity contribution in [3.63, 3.8) is 0 Å². The van der Waals surface area contributed by atoms with E-state index in [1.165, 1.54) is 5.69 Å². The first-order valence-corrected chi connectivity index (χ1v) is 9.73. The summed E-state index contributed by atoms with van der Waals surface area (Å²) in [7, 11) is 2.16. The van der Waals surface area contributed by atoms with Crippen LogP contribution in [0.2, 0.25) is 0 Å². The maximum Gasteiger partial charge on any atom is 0.338 e. The van der Waals surface area contributed by atoms with Crippen molar-refractivity contribution in [2.24, 2.45) is 0 Å². The Balaban J connectivity index is 1.63. The Labute approximate surface area is 165 Å². The predicted octanol–water partition coefficient (Wildman–Crippen LogP) is 3.34. The molecule has 4 rings (SSSR count). The van der Waals surface area contributed by atoms with E-state index in [1.54, 1.807) is 12.1 Å². The molecule has 0 spiro atoms. The topological polar surface area (TPSA) is 50.6 Å². The van der Waals surface area contributed by atoms with Gasteiger partial charge < -0.3 is 14.5 Å². The number of hydrogen-bond acceptors (Lipinski definition) is 5. The Morgan fingerprint density at radius 1 is 1.04 bits per heavy atom. The van der Waals surface area contributed by atoms with Gasteiger partial charge in [0.15, 0.2) is 0 Å². The molecule has 3 aromatic rings. The first-order chi connectivity index (χ1) is 13.5. The summed E-state index contributed by atoms with van der Waals surface area (Å²) in [4.78, 5) is 21.4. The van der Waals surface area contributed by atoms with Crippen molar-refractivity contribution in [1.29, 1.82) is 0 Å². The summed E-state index contributed by atoms with van der Waals surface area (Å²) in [5.41, 5.74) is 4.57. The first-order valence-electron chi connectivity index (χ1n) is 9.73. The molecule has 0 bridgehead atoms. The molecule has 28 heavy (non-hydrogen) atoms. The summed E-state index contributed by atoms with van der Waals surface area (Å²) in [6.45, 7) is 7.91. The van der Waals surface area contributed by atoms with Crippen LogP contribution in [-0.2, 0) is 4.74 Å². The van der Waals surface area contributed by atoms with Gasteiger partial charge in [0.2, 0.25) is 0 Å². The third-order valence-corrected chi connectivity index (χ3v) is 5.10. The average Bonchev–Trinajstić information content (AvgIpc) is 3.11. The number of imidazole rings is 1. The van der Waals surface area contributed by atoms with Crippen molar-refractivity contribution >= 4 is 22.7 Å². The standard InChI is InChI=1S/C22H26N4O2/c1-16(2)28-22(27)17-7-8-21-20(13-17)23-15-26(21)19-6-4-5-18(14-19)25-11-9-24(3)10-12-25/h4-8,13-16H,9-12H2,1-3H3. The van der Waals surface area contributed by atoms with Crippen LogP contribution in [0.5, 0.6) is 0 Å². The van der Waals surface area contributed by atoms with E-state index in [2.05, 4.69) is 50.7 Å². The molecule has 1 aliphatic heterocycles. The average molecular weight is 378 g/mol. The van der Waals surface area contributed by atoms with Crippen LogP contribution in [0.3, 0.4) is 0 Å². The Morgan fingerprint density at radius 3 is 2.54 bits per heavy atom. The van der Waals surface area contributed by atoms with Crippen molar-refractivity contribution < 1.29 is 9.53 Å². The van der Waals surface area contributed by atoms with Gasteiger partial charge in [0.25, 0.3) is 0 Å². The van der Waals surface area contributed by atoms with E-state index in [1.807, 2.05) is 26.2 Å². The summed E-state index contributed by atoms with van der Waals surface area (Å²) in [6.07, 6.45) is 1.67. The molecular formula is C22H26N4O2. The highest BCUT2D eigenvalue weighted by atomic mass is 16.5. The van der Waals surface area contributed by atoms with Crippen LogP contribution in [0.4, 0.5) is 5.69 Å². The highest BCUT2D eigenvalue weighted by Gasteiger charge is 2.16. The van der Waals surface area contributed by atoms with Crippen LogP contribution in [0.15, 0.2) is 48.8 Å². The zero-order valence-corrected chi connectivity index (χ0v) is 16.6. The highest BCUT2D eigenvalue weighted by Crippen LogP contribution is 2.24. The largest absolute Gasteiger partial charge is 0.459 e. The van der Waals surface area contributed by atoms with E-state index in [0.717, 1.165) is 42.9 Å². The lowest BCUT2D eigenvalue weighted by Gasteiger charge is -2.34. The quantitative estimate of drug-likeness (QED) is 0.652. The molecule has 1 saturated heterocycles. The van der Waals surface area contributed by atoms with Crippen molar-refractivity contribution in [2.75, 3.05) is 38.1 Å². The van der Waals surface area contributed by atoms with Crippen molar-refractivity contribution in [2.45, 2.75) is 20.0 Å². The zero-order chi connectivity index (χ0) is 19.7. The molecule has 6 nitrogen and oxygen atoms in total. The number of fused-ring (bicyclic) bond motifs is 1.